The number of imidazole rings is 1. The SMILES string of the molecule is CCCC(C1CC1)N1c2[nH]cnc2C(c2ccc(OC)cc2Cl)=CN1CC. The lowest BCUT2D eigenvalue weighted by Crippen LogP contribution is -2.49. The Balaban J connectivity index is 1.78. The maximum atomic E-state index is 6.58. The van der Waals surface area contributed by atoms with E-state index in [9.17, 15) is 0 Å². The van der Waals surface area contributed by atoms with E-state index in [1.54, 1.807) is 13.4 Å². The quantitative estimate of drug-likeness (QED) is 0.719. The number of hydrazine groups is 1. The largest absolute Gasteiger partial charge is 0.497 e. The second-order valence-corrected chi connectivity index (χ2v) is 7.69. The number of nitrogens with zero attached hydrogens (tertiary/aromatic N) is 3. The number of benzene rings is 1. The number of aromatic nitrogens is 2. The van der Waals surface area contributed by atoms with Crippen LogP contribution in [-0.2, 0) is 0 Å². The molecule has 0 amide bonds. The first-order valence-electron chi connectivity index (χ1n) is 9.83. The van der Waals surface area contributed by atoms with Crippen LogP contribution in [-0.4, -0.2) is 34.7 Å². The lowest BCUT2D eigenvalue weighted by molar-refractivity contribution is 0.285. The van der Waals surface area contributed by atoms with Gasteiger partial charge in [-0.05, 0) is 50.3 Å². The van der Waals surface area contributed by atoms with Crippen molar-refractivity contribution in [2.45, 2.75) is 45.6 Å². The molecule has 0 saturated heterocycles. The van der Waals surface area contributed by atoms with Gasteiger partial charge < -0.3 is 9.72 Å². The van der Waals surface area contributed by atoms with Gasteiger partial charge in [-0.3, -0.25) is 10.0 Å². The van der Waals surface area contributed by atoms with Gasteiger partial charge in [0.1, 0.15) is 11.4 Å². The lowest BCUT2D eigenvalue weighted by Gasteiger charge is -2.43. The summed E-state index contributed by atoms with van der Waals surface area (Å²) in [6, 6.07) is 6.33. The molecule has 2 aliphatic rings. The van der Waals surface area contributed by atoms with Crippen molar-refractivity contribution >= 4 is 23.0 Å². The number of H-pyrrole nitrogens is 1. The molecule has 0 radical (unpaired) electrons. The zero-order valence-electron chi connectivity index (χ0n) is 16.2. The molecule has 2 aromatic rings. The van der Waals surface area contributed by atoms with Gasteiger partial charge in [0.25, 0.3) is 0 Å². The summed E-state index contributed by atoms with van der Waals surface area (Å²) in [5.41, 5.74) is 2.99. The topological polar surface area (TPSA) is 44.4 Å². The highest BCUT2D eigenvalue weighted by atomic mass is 35.5. The Labute approximate surface area is 166 Å². The van der Waals surface area contributed by atoms with Crippen LogP contribution in [0.1, 0.15) is 50.8 Å². The molecule has 5 nitrogen and oxygen atoms in total. The normalized spacial score (nSPS) is 17.6. The summed E-state index contributed by atoms with van der Waals surface area (Å²) in [6.45, 7) is 5.35. The van der Waals surface area contributed by atoms with E-state index in [1.807, 2.05) is 18.2 Å². The maximum Gasteiger partial charge on any atom is 0.153 e. The fourth-order valence-corrected chi connectivity index (χ4v) is 4.31. The summed E-state index contributed by atoms with van der Waals surface area (Å²) < 4.78 is 5.30. The van der Waals surface area contributed by atoms with Crippen LogP contribution in [0.2, 0.25) is 5.02 Å². The van der Waals surface area contributed by atoms with Gasteiger partial charge in [0.2, 0.25) is 0 Å². The van der Waals surface area contributed by atoms with E-state index in [0.717, 1.165) is 40.9 Å². The number of ether oxygens (including phenoxy) is 1. The van der Waals surface area contributed by atoms with Crippen LogP contribution in [0.25, 0.3) is 5.57 Å². The Bertz CT molecular complexity index is 842. The molecule has 0 bridgehead atoms. The van der Waals surface area contributed by atoms with Gasteiger partial charge in [-0.25, -0.2) is 4.98 Å². The van der Waals surface area contributed by atoms with Crippen LogP contribution in [0.15, 0.2) is 30.7 Å². The summed E-state index contributed by atoms with van der Waals surface area (Å²) in [4.78, 5) is 8.06. The van der Waals surface area contributed by atoms with Crippen LogP contribution in [0, 0.1) is 5.92 Å². The zero-order chi connectivity index (χ0) is 19.0. The van der Waals surface area contributed by atoms with E-state index in [4.69, 9.17) is 16.3 Å². The van der Waals surface area contributed by atoms with Gasteiger partial charge in [-0.1, -0.05) is 24.9 Å². The third kappa shape index (κ3) is 3.29. The fraction of sp³-hybridized carbons (Fsp3) is 0.476. The average molecular weight is 387 g/mol. The first-order chi connectivity index (χ1) is 13.2. The van der Waals surface area contributed by atoms with Gasteiger partial charge in [-0.15, -0.1) is 0 Å². The molecule has 27 heavy (non-hydrogen) atoms. The van der Waals surface area contributed by atoms with E-state index >= 15 is 0 Å². The summed E-state index contributed by atoms with van der Waals surface area (Å²) in [5.74, 6) is 2.61. The highest BCUT2D eigenvalue weighted by Crippen LogP contribution is 2.44. The molecule has 4 rings (SSSR count). The molecule has 1 aliphatic carbocycles. The Morgan fingerprint density at radius 1 is 1.33 bits per heavy atom. The fourth-order valence-electron chi connectivity index (χ4n) is 4.03. The van der Waals surface area contributed by atoms with Crippen LogP contribution < -0.4 is 9.75 Å². The second kappa shape index (κ2) is 7.47. The van der Waals surface area contributed by atoms with Crippen molar-refractivity contribution in [2.75, 3.05) is 18.7 Å². The first-order valence-corrected chi connectivity index (χ1v) is 10.2. The number of halogens is 1. The molecular weight excluding hydrogens is 360 g/mol. The maximum absolute atomic E-state index is 6.58. The number of hydrogen-bond donors (Lipinski definition) is 1. The smallest absolute Gasteiger partial charge is 0.153 e. The van der Waals surface area contributed by atoms with E-state index in [1.165, 1.54) is 25.7 Å². The van der Waals surface area contributed by atoms with Crippen LogP contribution in [0.5, 0.6) is 5.75 Å². The number of methoxy groups -OCH3 is 1. The van der Waals surface area contributed by atoms with E-state index < -0.39 is 0 Å². The monoisotopic (exact) mass is 386 g/mol. The molecule has 144 valence electrons. The second-order valence-electron chi connectivity index (χ2n) is 7.28. The van der Waals surface area contributed by atoms with Gasteiger partial charge in [0.15, 0.2) is 5.82 Å². The molecule has 0 spiro atoms. The number of hydrogen-bond acceptors (Lipinski definition) is 4. The predicted octanol–water partition coefficient (Wildman–Crippen LogP) is 5.10. The Morgan fingerprint density at radius 3 is 2.78 bits per heavy atom. The standard InChI is InChI=1S/C21H27ClN4O/c1-4-6-19(14-7-8-14)26-21-20(23-13-24-21)17(12-25(26)5-2)16-10-9-15(27-3)11-18(16)22/h9-14,19H,4-8H2,1-3H3,(H,23,24). The lowest BCUT2D eigenvalue weighted by atomic mass is 10.00. The molecule has 1 aliphatic heterocycles. The van der Waals surface area contributed by atoms with Gasteiger partial charge in [0.05, 0.1) is 24.5 Å². The number of fused-ring (bicyclic) bond motifs is 1. The average Bonchev–Trinajstić information content (AvgIpc) is 3.41. The summed E-state index contributed by atoms with van der Waals surface area (Å²) in [5, 5.41) is 5.42. The van der Waals surface area contributed by atoms with Crippen molar-refractivity contribution in [3.8, 4) is 5.75 Å². The molecule has 1 aromatic carbocycles. The number of rotatable bonds is 7. The summed E-state index contributed by atoms with van der Waals surface area (Å²) in [7, 11) is 1.65. The molecule has 1 unspecified atom stereocenters. The van der Waals surface area contributed by atoms with Crippen molar-refractivity contribution in [2.24, 2.45) is 5.92 Å². The molecule has 1 saturated carbocycles. The highest BCUT2D eigenvalue weighted by molar-refractivity contribution is 6.32. The van der Waals surface area contributed by atoms with Crippen molar-refractivity contribution in [1.29, 1.82) is 0 Å². The van der Waals surface area contributed by atoms with Crippen molar-refractivity contribution in [3.05, 3.63) is 47.0 Å². The molecule has 6 heteroatoms. The minimum atomic E-state index is 0.512. The van der Waals surface area contributed by atoms with Crippen molar-refractivity contribution in [1.82, 2.24) is 15.0 Å². The van der Waals surface area contributed by atoms with E-state index in [0.29, 0.717) is 11.1 Å². The van der Waals surface area contributed by atoms with Crippen molar-refractivity contribution in [3.63, 3.8) is 0 Å². The first kappa shape index (κ1) is 18.2. The summed E-state index contributed by atoms with van der Waals surface area (Å²) in [6.07, 6.45) is 9.00. The third-order valence-corrected chi connectivity index (χ3v) is 5.83. The molecule has 1 N–H and O–H groups in total. The Kier molecular flexibility index (Phi) is 5.04. The summed E-state index contributed by atoms with van der Waals surface area (Å²) >= 11 is 6.58. The number of nitrogens with one attached hydrogen (secondary N) is 1. The zero-order valence-corrected chi connectivity index (χ0v) is 17.0. The Morgan fingerprint density at radius 2 is 2.15 bits per heavy atom. The molecule has 1 atom stereocenters. The Hall–Kier alpha value is -2.14. The predicted molar refractivity (Wildman–Crippen MR) is 110 cm³/mol. The minimum absolute atomic E-state index is 0.512. The van der Waals surface area contributed by atoms with Crippen molar-refractivity contribution < 1.29 is 4.74 Å². The van der Waals surface area contributed by atoms with Gasteiger partial charge in [0, 0.05) is 23.9 Å². The number of aromatic amines is 1. The molecule has 2 heterocycles. The number of anilines is 1. The van der Waals surface area contributed by atoms with Gasteiger partial charge in [-0.2, -0.15) is 0 Å². The molecule has 1 fully saturated rings. The molecular formula is C21H27ClN4O. The van der Waals surface area contributed by atoms with Crippen LogP contribution in [0.3, 0.4) is 0 Å². The molecule has 1 aromatic heterocycles. The van der Waals surface area contributed by atoms with E-state index in [2.05, 4.69) is 40.0 Å². The van der Waals surface area contributed by atoms with E-state index in [-0.39, 0.29) is 0 Å². The third-order valence-electron chi connectivity index (χ3n) is 5.51. The minimum Gasteiger partial charge on any atom is -0.497 e. The van der Waals surface area contributed by atoms with Crippen LogP contribution in [0.4, 0.5) is 5.82 Å². The van der Waals surface area contributed by atoms with Gasteiger partial charge >= 0.3 is 0 Å². The highest BCUT2D eigenvalue weighted by Gasteiger charge is 2.40. The van der Waals surface area contributed by atoms with Crippen LogP contribution >= 0.6 is 11.6 Å².